The van der Waals surface area contributed by atoms with Crippen LogP contribution >= 0.6 is 0 Å². The number of ether oxygens (including phenoxy) is 2. The summed E-state index contributed by atoms with van der Waals surface area (Å²) in [5.74, 6) is 1.36. The van der Waals surface area contributed by atoms with E-state index >= 15 is 0 Å². The molecule has 2 aromatic carbocycles. The Morgan fingerprint density at radius 1 is 1.24 bits per heavy atom. The third-order valence-corrected chi connectivity index (χ3v) is 4.35. The Balaban J connectivity index is 1.79. The molecule has 0 saturated carbocycles. The summed E-state index contributed by atoms with van der Waals surface area (Å²) in [6, 6.07) is 13.9. The first-order valence-electron chi connectivity index (χ1n) is 8.54. The molecule has 25 heavy (non-hydrogen) atoms. The van der Waals surface area contributed by atoms with Gasteiger partial charge < -0.3 is 14.4 Å². The zero-order chi connectivity index (χ0) is 17.8. The summed E-state index contributed by atoms with van der Waals surface area (Å²) in [6.07, 6.45) is 4.33. The second kappa shape index (κ2) is 7.43. The molecule has 0 fully saturated rings. The van der Waals surface area contributed by atoms with Crippen LogP contribution < -0.4 is 14.4 Å². The number of nitrogens with zero attached hydrogens (tertiary/aromatic N) is 1. The predicted octanol–water partition coefficient (Wildman–Crippen LogP) is 4.08. The van der Waals surface area contributed by atoms with Crippen molar-refractivity contribution in [3.8, 4) is 11.5 Å². The van der Waals surface area contributed by atoms with Gasteiger partial charge in [0.05, 0.1) is 13.7 Å². The molecule has 0 aliphatic carbocycles. The van der Waals surface area contributed by atoms with Gasteiger partial charge in [-0.1, -0.05) is 24.3 Å². The van der Waals surface area contributed by atoms with Gasteiger partial charge in [-0.3, -0.25) is 4.79 Å². The van der Waals surface area contributed by atoms with E-state index in [-0.39, 0.29) is 11.9 Å². The van der Waals surface area contributed by atoms with Gasteiger partial charge in [0.15, 0.2) is 11.5 Å². The van der Waals surface area contributed by atoms with Crippen LogP contribution in [0.25, 0.3) is 6.08 Å². The summed E-state index contributed by atoms with van der Waals surface area (Å²) < 4.78 is 10.9. The number of amides is 1. The van der Waals surface area contributed by atoms with E-state index in [1.165, 1.54) is 5.56 Å². The first kappa shape index (κ1) is 17.1. The Kier molecular flexibility index (Phi) is 5.08. The molecule has 1 unspecified atom stereocenters. The lowest BCUT2D eigenvalue weighted by Gasteiger charge is -2.21. The van der Waals surface area contributed by atoms with Gasteiger partial charge in [-0.05, 0) is 55.7 Å². The second-order valence-electron chi connectivity index (χ2n) is 6.07. The molecule has 4 nitrogen and oxygen atoms in total. The van der Waals surface area contributed by atoms with Crippen LogP contribution in [0.3, 0.4) is 0 Å². The van der Waals surface area contributed by atoms with Crippen LogP contribution in [0.2, 0.25) is 0 Å². The van der Waals surface area contributed by atoms with Gasteiger partial charge in [0, 0.05) is 17.8 Å². The lowest BCUT2D eigenvalue weighted by molar-refractivity contribution is -0.114. The molecule has 1 aliphatic heterocycles. The van der Waals surface area contributed by atoms with Crippen molar-refractivity contribution in [1.29, 1.82) is 0 Å². The molecule has 1 heterocycles. The number of carbonyl (C=O) groups is 1. The van der Waals surface area contributed by atoms with Crippen LogP contribution in [0.1, 0.15) is 25.0 Å². The molecule has 2 aromatic rings. The van der Waals surface area contributed by atoms with Crippen LogP contribution in [0.5, 0.6) is 11.5 Å². The van der Waals surface area contributed by atoms with Crippen molar-refractivity contribution in [3.63, 3.8) is 0 Å². The van der Waals surface area contributed by atoms with E-state index in [1.54, 1.807) is 13.2 Å². The standard InChI is InChI=1S/C21H23NO3/c1-4-25-19-11-9-16(14-20(19)24-3)10-12-21(23)22-15(2)13-17-7-5-6-8-18(17)22/h5-12,14-15H,4,13H2,1-3H3/b12-10+. The highest BCUT2D eigenvalue weighted by atomic mass is 16.5. The number of methoxy groups -OCH3 is 1. The number of para-hydroxylation sites is 1. The first-order chi connectivity index (χ1) is 12.1. The number of rotatable bonds is 5. The molecule has 0 N–H and O–H groups in total. The number of carbonyl (C=O) groups excluding carboxylic acids is 1. The Morgan fingerprint density at radius 3 is 2.80 bits per heavy atom. The molecule has 0 bridgehead atoms. The minimum Gasteiger partial charge on any atom is -0.493 e. The van der Waals surface area contributed by atoms with Crippen molar-refractivity contribution in [3.05, 3.63) is 59.7 Å². The zero-order valence-electron chi connectivity index (χ0n) is 14.9. The molecule has 4 heteroatoms. The van der Waals surface area contributed by atoms with Crippen LogP contribution in [0.4, 0.5) is 5.69 Å². The number of benzene rings is 2. The average molecular weight is 337 g/mol. The lowest BCUT2D eigenvalue weighted by Crippen LogP contribution is -2.34. The van der Waals surface area contributed by atoms with E-state index in [0.717, 1.165) is 17.7 Å². The van der Waals surface area contributed by atoms with Gasteiger partial charge in [-0.2, -0.15) is 0 Å². The SMILES string of the molecule is CCOc1ccc(/C=C/C(=O)N2c3ccccc3CC2C)cc1OC. The van der Waals surface area contributed by atoms with E-state index in [1.807, 2.05) is 54.3 Å². The molecule has 3 rings (SSSR count). The maximum absolute atomic E-state index is 12.7. The van der Waals surface area contributed by atoms with Crippen molar-refractivity contribution in [2.45, 2.75) is 26.3 Å². The summed E-state index contributed by atoms with van der Waals surface area (Å²) in [5, 5.41) is 0. The average Bonchev–Trinajstić information content (AvgIpc) is 2.96. The summed E-state index contributed by atoms with van der Waals surface area (Å²) in [4.78, 5) is 14.6. The van der Waals surface area contributed by atoms with Crippen molar-refractivity contribution in [2.24, 2.45) is 0 Å². The minimum absolute atomic E-state index is 0.00898. The van der Waals surface area contributed by atoms with Crippen molar-refractivity contribution >= 4 is 17.7 Å². The molecule has 1 atom stereocenters. The number of hydrogen-bond acceptors (Lipinski definition) is 3. The summed E-state index contributed by atoms with van der Waals surface area (Å²) in [7, 11) is 1.61. The van der Waals surface area contributed by atoms with Gasteiger partial charge in [0.25, 0.3) is 5.91 Å². The highest BCUT2D eigenvalue weighted by molar-refractivity contribution is 6.05. The topological polar surface area (TPSA) is 38.8 Å². The molecule has 0 aromatic heterocycles. The van der Waals surface area contributed by atoms with Gasteiger partial charge in [0.1, 0.15) is 0 Å². The molecule has 0 saturated heterocycles. The molecule has 0 spiro atoms. The molecular weight excluding hydrogens is 314 g/mol. The Bertz CT molecular complexity index is 797. The maximum atomic E-state index is 12.7. The zero-order valence-corrected chi connectivity index (χ0v) is 14.9. The van der Waals surface area contributed by atoms with Crippen molar-refractivity contribution in [2.75, 3.05) is 18.6 Å². The third-order valence-electron chi connectivity index (χ3n) is 4.35. The molecule has 1 amide bonds. The minimum atomic E-state index is -0.00898. The van der Waals surface area contributed by atoms with Crippen LogP contribution in [0, 0.1) is 0 Å². The summed E-state index contributed by atoms with van der Waals surface area (Å²) in [6.45, 7) is 4.59. The smallest absolute Gasteiger partial charge is 0.251 e. The van der Waals surface area contributed by atoms with Crippen LogP contribution in [0.15, 0.2) is 48.5 Å². The fraction of sp³-hybridized carbons (Fsp3) is 0.286. The van der Waals surface area contributed by atoms with Gasteiger partial charge >= 0.3 is 0 Å². The first-order valence-corrected chi connectivity index (χ1v) is 8.54. The van der Waals surface area contributed by atoms with Gasteiger partial charge in [-0.25, -0.2) is 0 Å². The Morgan fingerprint density at radius 2 is 2.04 bits per heavy atom. The predicted molar refractivity (Wildman–Crippen MR) is 100 cm³/mol. The third kappa shape index (κ3) is 3.53. The Hall–Kier alpha value is -2.75. The number of fused-ring (bicyclic) bond motifs is 1. The quantitative estimate of drug-likeness (QED) is 0.772. The normalized spacial score (nSPS) is 16.1. The molecule has 1 aliphatic rings. The van der Waals surface area contributed by atoms with Crippen molar-refractivity contribution < 1.29 is 14.3 Å². The van der Waals surface area contributed by atoms with Crippen LogP contribution in [-0.2, 0) is 11.2 Å². The summed E-state index contributed by atoms with van der Waals surface area (Å²) >= 11 is 0. The fourth-order valence-electron chi connectivity index (χ4n) is 3.21. The highest BCUT2D eigenvalue weighted by Crippen LogP contribution is 2.32. The lowest BCUT2D eigenvalue weighted by atomic mass is 10.1. The molecular formula is C21H23NO3. The summed E-state index contributed by atoms with van der Waals surface area (Å²) in [5.41, 5.74) is 3.13. The number of hydrogen-bond donors (Lipinski definition) is 0. The van der Waals surface area contributed by atoms with Crippen molar-refractivity contribution in [1.82, 2.24) is 0 Å². The second-order valence-corrected chi connectivity index (χ2v) is 6.07. The number of anilines is 1. The van der Waals surface area contributed by atoms with Gasteiger partial charge in [-0.15, -0.1) is 0 Å². The Labute approximate surface area is 148 Å². The fourth-order valence-corrected chi connectivity index (χ4v) is 3.21. The van der Waals surface area contributed by atoms with E-state index in [2.05, 4.69) is 13.0 Å². The van der Waals surface area contributed by atoms with E-state index in [0.29, 0.717) is 18.1 Å². The van der Waals surface area contributed by atoms with E-state index in [4.69, 9.17) is 9.47 Å². The van der Waals surface area contributed by atoms with Crippen LogP contribution in [-0.4, -0.2) is 25.7 Å². The maximum Gasteiger partial charge on any atom is 0.251 e. The monoisotopic (exact) mass is 337 g/mol. The molecule has 0 radical (unpaired) electrons. The highest BCUT2D eigenvalue weighted by Gasteiger charge is 2.29. The molecule has 130 valence electrons. The largest absolute Gasteiger partial charge is 0.493 e. The van der Waals surface area contributed by atoms with E-state index < -0.39 is 0 Å². The van der Waals surface area contributed by atoms with Gasteiger partial charge in [0.2, 0.25) is 0 Å². The van der Waals surface area contributed by atoms with E-state index in [9.17, 15) is 4.79 Å².